The van der Waals surface area contributed by atoms with Crippen molar-refractivity contribution >= 4 is 5.69 Å². The molecule has 1 aromatic carbocycles. The number of hydrogen-bond donors (Lipinski definition) is 0. The van der Waals surface area contributed by atoms with Crippen LogP contribution in [0.15, 0.2) is 18.2 Å². The minimum Gasteiger partial charge on any atom is -0.264 e. The van der Waals surface area contributed by atoms with Crippen molar-refractivity contribution in [2.75, 3.05) is 0 Å². The molecule has 0 aliphatic heterocycles. The molecule has 0 spiro atoms. The second kappa shape index (κ2) is 4.36. The van der Waals surface area contributed by atoms with Crippen LogP contribution in [0.4, 0.5) is 18.9 Å². The van der Waals surface area contributed by atoms with Gasteiger partial charge >= 0.3 is 6.18 Å². The molecule has 0 saturated heterocycles. The van der Waals surface area contributed by atoms with Gasteiger partial charge in [0.2, 0.25) is 6.54 Å². The number of nitro benzene ring substituents is 1. The molecule has 0 unspecified atom stereocenters. The quantitative estimate of drug-likeness (QED) is 0.608. The lowest BCUT2D eigenvalue weighted by Crippen LogP contribution is -2.08. The first-order valence-corrected chi connectivity index (χ1v) is 4.18. The van der Waals surface area contributed by atoms with E-state index >= 15 is 0 Å². The minimum atomic E-state index is -4.72. The molecule has 0 aromatic heterocycles. The number of benzene rings is 1. The average molecular weight is 250 g/mol. The number of hydrogen-bond acceptors (Lipinski definition) is 4. The maximum absolute atomic E-state index is 12.3. The van der Waals surface area contributed by atoms with E-state index in [4.69, 9.17) is 0 Å². The molecule has 92 valence electrons. The largest absolute Gasteiger partial charge is 0.416 e. The molecule has 6 nitrogen and oxygen atoms in total. The monoisotopic (exact) mass is 250 g/mol. The molecule has 9 heteroatoms. The molecule has 0 fully saturated rings. The molecule has 0 amide bonds. The average Bonchev–Trinajstić information content (AvgIpc) is 2.15. The summed E-state index contributed by atoms with van der Waals surface area (Å²) < 4.78 is 36.8. The Morgan fingerprint density at radius 2 is 1.76 bits per heavy atom. The lowest BCUT2D eigenvalue weighted by molar-refractivity contribution is -0.498. The molecule has 0 aliphatic rings. The van der Waals surface area contributed by atoms with Gasteiger partial charge in [-0.3, -0.25) is 20.2 Å². The van der Waals surface area contributed by atoms with Gasteiger partial charge < -0.3 is 0 Å². The Balaban J connectivity index is 3.27. The highest BCUT2D eigenvalue weighted by atomic mass is 19.4. The SMILES string of the molecule is O=[N+]([O-])Cc1ccc(C(F)(F)F)cc1[N+](=O)[O-]. The molecule has 0 heterocycles. The van der Waals surface area contributed by atoms with Gasteiger partial charge in [-0.1, -0.05) is 0 Å². The van der Waals surface area contributed by atoms with Gasteiger partial charge in [-0.25, -0.2) is 0 Å². The predicted octanol–water partition coefficient (Wildman–Crippen LogP) is 2.39. The van der Waals surface area contributed by atoms with E-state index in [1.54, 1.807) is 0 Å². The van der Waals surface area contributed by atoms with E-state index in [1.807, 2.05) is 0 Å². The van der Waals surface area contributed by atoms with Crippen molar-refractivity contribution in [2.24, 2.45) is 0 Å². The van der Waals surface area contributed by atoms with Crippen LogP contribution in [0, 0.1) is 20.2 Å². The Labute approximate surface area is 92.0 Å². The third-order valence-corrected chi connectivity index (χ3v) is 1.91. The summed E-state index contributed by atoms with van der Waals surface area (Å²) in [5.41, 5.74) is -2.49. The molecule has 0 N–H and O–H groups in total. The highest BCUT2D eigenvalue weighted by Gasteiger charge is 2.33. The van der Waals surface area contributed by atoms with Gasteiger partial charge in [0.25, 0.3) is 5.69 Å². The number of nitrogens with zero attached hydrogens (tertiary/aromatic N) is 2. The highest BCUT2D eigenvalue weighted by molar-refractivity contribution is 5.43. The Morgan fingerprint density at radius 3 is 2.18 bits per heavy atom. The molecular formula is C8H5F3N2O4. The second-order valence-electron chi connectivity index (χ2n) is 3.09. The fourth-order valence-corrected chi connectivity index (χ4v) is 1.18. The van der Waals surface area contributed by atoms with Crippen LogP contribution in [0.3, 0.4) is 0 Å². The summed E-state index contributed by atoms with van der Waals surface area (Å²) in [5.74, 6) is 0. The summed E-state index contributed by atoms with van der Waals surface area (Å²) in [4.78, 5) is 18.8. The van der Waals surface area contributed by atoms with Gasteiger partial charge in [0.05, 0.1) is 16.1 Å². The van der Waals surface area contributed by atoms with Gasteiger partial charge in [-0.2, -0.15) is 13.2 Å². The summed E-state index contributed by atoms with van der Waals surface area (Å²) in [5, 5.41) is 20.7. The smallest absolute Gasteiger partial charge is 0.264 e. The Bertz CT molecular complexity index is 472. The second-order valence-corrected chi connectivity index (χ2v) is 3.09. The van der Waals surface area contributed by atoms with Crippen molar-refractivity contribution in [1.82, 2.24) is 0 Å². The van der Waals surface area contributed by atoms with Crippen LogP contribution in [-0.4, -0.2) is 9.85 Å². The Morgan fingerprint density at radius 1 is 1.18 bits per heavy atom. The molecule has 0 bridgehead atoms. The Kier molecular flexibility index (Phi) is 3.30. The molecule has 17 heavy (non-hydrogen) atoms. The van der Waals surface area contributed by atoms with Crippen LogP contribution in [0.25, 0.3) is 0 Å². The normalized spacial score (nSPS) is 11.2. The van der Waals surface area contributed by atoms with Crippen LogP contribution in [0.2, 0.25) is 0 Å². The van der Waals surface area contributed by atoms with Gasteiger partial charge in [-0.05, 0) is 12.1 Å². The number of halogens is 3. The molecular weight excluding hydrogens is 245 g/mol. The minimum absolute atomic E-state index is 0.291. The summed E-state index contributed by atoms with van der Waals surface area (Å²) in [7, 11) is 0. The van der Waals surface area contributed by atoms with Crippen molar-refractivity contribution in [1.29, 1.82) is 0 Å². The topological polar surface area (TPSA) is 86.3 Å². The summed E-state index contributed by atoms with van der Waals surface area (Å²) in [6.07, 6.45) is -4.72. The van der Waals surface area contributed by atoms with E-state index in [-0.39, 0.29) is 5.56 Å². The first-order chi connectivity index (χ1) is 7.71. The first kappa shape index (κ1) is 12.9. The summed E-state index contributed by atoms with van der Waals surface area (Å²) in [6, 6.07) is 1.61. The molecule has 1 rings (SSSR count). The van der Waals surface area contributed by atoms with Gasteiger partial charge in [-0.15, -0.1) is 0 Å². The Hall–Kier alpha value is -2.19. The molecule has 0 aliphatic carbocycles. The lowest BCUT2D eigenvalue weighted by Gasteiger charge is -2.07. The summed E-state index contributed by atoms with van der Waals surface area (Å²) >= 11 is 0. The third kappa shape index (κ3) is 3.13. The van der Waals surface area contributed by atoms with E-state index in [2.05, 4.69) is 0 Å². The number of alkyl halides is 3. The highest BCUT2D eigenvalue weighted by Crippen LogP contribution is 2.33. The molecule has 0 saturated carbocycles. The molecule has 0 radical (unpaired) electrons. The van der Waals surface area contributed by atoms with Gasteiger partial charge in [0.1, 0.15) is 0 Å². The van der Waals surface area contributed by atoms with Crippen molar-refractivity contribution < 1.29 is 23.0 Å². The van der Waals surface area contributed by atoms with Gasteiger partial charge in [0, 0.05) is 11.0 Å². The van der Waals surface area contributed by atoms with E-state index in [1.165, 1.54) is 0 Å². The van der Waals surface area contributed by atoms with Crippen LogP contribution < -0.4 is 0 Å². The third-order valence-electron chi connectivity index (χ3n) is 1.91. The van der Waals surface area contributed by atoms with Crippen LogP contribution in [-0.2, 0) is 12.7 Å². The standard InChI is InChI=1S/C8H5F3N2O4/c9-8(10,11)6-2-1-5(4-12(14)15)7(3-6)13(16)17/h1-3H,4H2. The van der Waals surface area contributed by atoms with Crippen molar-refractivity contribution in [3.8, 4) is 0 Å². The zero-order valence-electron chi connectivity index (χ0n) is 8.10. The first-order valence-electron chi connectivity index (χ1n) is 4.18. The van der Waals surface area contributed by atoms with Crippen molar-refractivity contribution in [2.45, 2.75) is 12.7 Å². The van der Waals surface area contributed by atoms with E-state index < -0.39 is 33.8 Å². The summed E-state index contributed by atoms with van der Waals surface area (Å²) in [6.45, 7) is -0.894. The van der Waals surface area contributed by atoms with E-state index in [0.29, 0.717) is 12.1 Å². The molecule has 1 aromatic rings. The lowest BCUT2D eigenvalue weighted by atomic mass is 10.1. The van der Waals surface area contributed by atoms with Crippen LogP contribution in [0.5, 0.6) is 0 Å². The van der Waals surface area contributed by atoms with Crippen molar-refractivity contribution in [3.05, 3.63) is 49.6 Å². The maximum atomic E-state index is 12.3. The van der Waals surface area contributed by atoms with Crippen LogP contribution >= 0.6 is 0 Å². The van der Waals surface area contributed by atoms with Crippen LogP contribution in [0.1, 0.15) is 11.1 Å². The zero-order chi connectivity index (χ0) is 13.2. The molecule has 0 atom stereocenters. The van der Waals surface area contributed by atoms with E-state index in [0.717, 1.165) is 6.07 Å². The predicted molar refractivity (Wildman–Crippen MR) is 48.8 cm³/mol. The van der Waals surface area contributed by atoms with Crippen molar-refractivity contribution in [3.63, 3.8) is 0 Å². The fourth-order valence-electron chi connectivity index (χ4n) is 1.18. The zero-order valence-corrected chi connectivity index (χ0v) is 8.10. The number of rotatable bonds is 3. The van der Waals surface area contributed by atoms with Gasteiger partial charge in [0.15, 0.2) is 0 Å². The van der Waals surface area contributed by atoms with E-state index in [9.17, 15) is 33.4 Å². The maximum Gasteiger partial charge on any atom is 0.416 e. The fraction of sp³-hybridized carbons (Fsp3) is 0.250. The number of nitro groups is 2.